The van der Waals surface area contributed by atoms with Crippen LogP contribution in [0.15, 0.2) is 118 Å². The summed E-state index contributed by atoms with van der Waals surface area (Å²) in [6.45, 7) is 13.1. The molecule has 2 atom stereocenters. The Hall–Kier alpha value is -5.38. The van der Waals surface area contributed by atoms with Crippen molar-refractivity contribution in [3.05, 3.63) is 108 Å². The van der Waals surface area contributed by atoms with E-state index in [1.165, 1.54) is 62.7 Å². The van der Waals surface area contributed by atoms with Crippen LogP contribution in [0.2, 0.25) is 0 Å². The number of hydrogen-bond donors (Lipinski definition) is 2. The third-order valence-corrected chi connectivity index (χ3v) is 10.8. The SMILES string of the molecule is CCCCN(CCCC)c1ccc(N=Nc2ccc(C(=O)N[C@@H]3CCCC[C@H]3NC(=O)c3ccc(N=Nc4ccc(N(CCCC)CCCC)cc4)cc3)cc2)cc1. The van der Waals surface area contributed by atoms with Gasteiger partial charge in [0.2, 0.25) is 0 Å². The second-order valence-corrected chi connectivity index (χ2v) is 15.4. The van der Waals surface area contributed by atoms with Crippen molar-refractivity contribution in [2.24, 2.45) is 20.5 Å². The van der Waals surface area contributed by atoms with Gasteiger partial charge in [0.15, 0.2) is 0 Å². The number of benzene rings is 4. The number of azo groups is 2. The van der Waals surface area contributed by atoms with E-state index in [9.17, 15) is 9.59 Å². The average molecular weight is 785 g/mol. The summed E-state index contributed by atoms with van der Waals surface area (Å²) in [7, 11) is 0. The van der Waals surface area contributed by atoms with Gasteiger partial charge in [-0.05, 0) is 136 Å². The smallest absolute Gasteiger partial charge is 0.251 e. The summed E-state index contributed by atoms with van der Waals surface area (Å²) in [5.74, 6) is -0.341. The number of carbonyl (C=O) groups excluding carboxylic acids is 2. The Kier molecular flexibility index (Phi) is 17.9. The molecule has 4 aromatic carbocycles. The van der Waals surface area contributed by atoms with Gasteiger partial charge in [0.05, 0.1) is 22.7 Å². The van der Waals surface area contributed by atoms with Crippen molar-refractivity contribution < 1.29 is 9.59 Å². The Morgan fingerprint density at radius 2 is 0.741 bits per heavy atom. The molecular formula is C48H64N8O2. The summed E-state index contributed by atoms with van der Waals surface area (Å²) in [5, 5.41) is 24.1. The van der Waals surface area contributed by atoms with Crippen molar-refractivity contribution in [3.63, 3.8) is 0 Å². The standard InChI is InChI=1S/C48H64N8O2/c1-5-9-33-55(34-10-6-2)43-29-25-41(26-30-43)53-51-39-21-17-37(18-22-39)47(57)49-45-15-13-14-16-46(45)50-48(58)38-19-23-40(24-20-38)52-54-42-27-31-44(32-28-42)56(35-11-7-3)36-12-8-4/h17-32,45-46H,5-16,33-36H2,1-4H3,(H,49,57)(H,50,58)/t45-,46-/m1/s1. The van der Waals surface area contributed by atoms with E-state index in [-0.39, 0.29) is 23.9 Å². The van der Waals surface area contributed by atoms with E-state index in [1.807, 2.05) is 24.3 Å². The van der Waals surface area contributed by atoms with Gasteiger partial charge in [-0.1, -0.05) is 66.2 Å². The average Bonchev–Trinajstić information content (AvgIpc) is 3.26. The second-order valence-electron chi connectivity index (χ2n) is 15.4. The van der Waals surface area contributed by atoms with Crippen LogP contribution in [0.25, 0.3) is 0 Å². The fraction of sp³-hybridized carbons (Fsp3) is 0.458. The van der Waals surface area contributed by atoms with Gasteiger partial charge in [-0.2, -0.15) is 20.5 Å². The summed E-state index contributed by atoms with van der Waals surface area (Å²) < 4.78 is 0. The molecule has 0 heterocycles. The Labute approximate surface area is 346 Å². The van der Waals surface area contributed by atoms with Gasteiger partial charge in [-0.15, -0.1) is 0 Å². The molecule has 0 bridgehead atoms. The quantitative estimate of drug-likeness (QED) is 0.0772. The van der Waals surface area contributed by atoms with Crippen molar-refractivity contribution in [1.29, 1.82) is 0 Å². The number of nitrogens with zero attached hydrogens (tertiary/aromatic N) is 6. The molecule has 1 fully saturated rings. The predicted molar refractivity (Wildman–Crippen MR) is 239 cm³/mol. The molecule has 0 aliphatic heterocycles. The summed E-state index contributed by atoms with van der Waals surface area (Å²) in [5.41, 5.74) is 6.43. The molecule has 0 unspecified atom stereocenters. The molecule has 1 saturated carbocycles. The molecule has 58 heavy (non-hydrogen) atoms. The topological polar surface area (TPSA) is 114 Å². The van der Waals surface area contributed by atoms with Crippen LogP contribution in [-0.2, 0) is 0 Å². The van der Waals surface area contributed by atoms with Crippen molar-refractivity contribution >= 4 is 45.9 Å². The minimum Gasteiger partial charge on any atom is -0.372 e. The van der Waals surface area contributed by atoms with Crippen molar-refractivity contribution in [3.8, 4) is 0 Å². The first kappa shape index (κ1) is 43.7. The largest absolute Gasteiger partial charge is 0.372 e. The van der Waals surface area contributed by atoms with Gasteiger partial charge in [-0.3, -0.25) is 9.59 Å². The molecular weight excluding hydrogens is 721 g/mol. The van der Waals surface area contributed by atoms with E-state index in [0.29, 0.717) is 22.5 Å². The Morgan fingerprint density at radius 1 is 0.466 bits per heavy atom. The van der Waals surface area contributed by atoms with Crippen molar-refractivity contribution in [2.75, 3.05) is 36.0 Å². The van der Waals surface area contributed by atoms with E-state index in [0.717, 1.165) is 63.2 Å². The van der Waals surface area contributed by atoms with Gasteiger partial charge >= 0.3 is 0 Å². The van der Waals surface area contributed by atoms with Crippen molar-refractivity contribution in [2.45, 2.75) is 117 Å². The fourth-order valence-corrected chi connectivity index (χ4v) is 7.17. The van der Waals surface area contributed by atoms with Crippen LogP contribution in [0.4, 0.5) is 34.1 Å². The number of nitrogens with one attached hydrogen (secondary N) is 2. The molecule has 0 radical (unpaired) electrons. The number of unbranched alkanes of at least 4 members (excludes halogenated alkanes) is 4. The van der Waals surface area contributed by atoms with Gasteiger partial charge in [-0.25, -0.2) is 0 Å². The molecule has 4 aromatic rings. The lowest BCUT2D eigenvalue weighted by atomic mass is 9.89. The summed E-state index contributed by atoms with van der Waals surface area (Å²) >= 11 is 0. The zero-order chi connectivity index (χ0) is 41.0. The predicted octanol–water partition coefficient (Wildman–Crippen LogP) is 12.8. The second kappa shape index (κ2) is 23.8. The maximum Gasteiger partial charge on any atom is 0.251 e. The van der Waals surface area contributed by atoms with Crippen LogP contribution in [0.1, 0.15) is 125 Å². The number of rotatable bonds is 22. The van der Waals surface area contributed by atoms with Crippen LogP contribution in [0.3, 0.4) is 0 Å². The molecule has 0 saturated heterocycles. The van der Waals surface area contributed by atoms with Crippen LogP contribution < -0.4 is 20.4 Å². The van der Waals surface area contributed by atoms with Gasteiger partial charge in [0.25, 0.3) is 11.8 Å². The molecule has 2 N–H and O–H groups in total. The highest BCUT2D eigenvalue weighted by Crippen LogP contribution is 2.26. The van der Waals surface area contributed by atoms with E-state index in [1.54, 1.807) is 48.5 Å². The van der Waals surface area contributed by atoms with E-state index in [2.05, 4.69) is 92.9 Å². The highest BCUT2D eigenvalue weighted by molar-refractivity contribution is 5.96. The molecule has 308 valence electrons. The Morgan fingerprint density at radius 3 is 1.02 bits per heavy atom. The molecule has 10 nitrogen and oxygen atoms in total. The van der Waals surface area contributed by atoms with Gasteiger partial charge < -0.3 is 20.4 Å². The molecule has 1 aliphatic rings. The van der Waals surface area contributed by atoms with E-state index in [4.69, 9.17) is 0 Å². The summed E-state index contributed by atoms with van der Waals surface area (Å²) in [4.78, 5) is 31.6. The maximum atomic E-state index is 13.3. The van der Waals surface area contributed by atoms with Gasteiger partial charge in [0.1, 0.15) is 0 Å². The lowest BCUT2D eigenvalue weighted by molar-refractivity contribution is 0.0863. The highest BCUT2D eigenvalue weighted by atomic mass is 16.2. The monoisotopic (exact) mass is 785 g/mol. The first-order chi connectivity index (χ1) is 28.4. The van der Waals surface area contributed by atoms with Crippen LogP contribution in [-0.4, -0.2) is 50.1 Å². The molecule has 1 aliphatic carbocycles. The number of anilines is 2. The Balaban J connectivity index is 1.11. The van der Waals surface area contributed by atoms with Crippen LogP contribution in [0, 0.1) is 0 Å². The molecule has 10 heteroatoms. The first-order valence-electron chi connectivity index (χ1n) is 21.8. The highest BCUT2D eigenvalue weighted by Gasteiger charge is 2.28. The van der Waals surface area contributed by atoms with Crippen LogP contribution in [0.5, 0.6) is 0 Å². The number of amides is 2. The van der Waals surface area contributed by atoms with E-state index >= 15 is 0 Å². The minimum atomic E-state index is -0.171. The molecule has 0 spiro atoms. The third kappa shape index (κ3) is 13.6. The molecule has 0 aromatic heterocycles. The first-order valence-corrected chi connectivity index (χ1v) is 21.8. The van der Waals surface area contributed by atoms with Crippen LogP contribution >= 0.6 is 0 Å². The zero-order valence-electron chi connectivity index (χ0n) is 35.2. The van der Waals surface area contributed by atoms with E-state index < -0.39 is 0 Å². The Bertz CT molecular complexity index is 1720. The summed E-state index contributed by atoms with van der Waals surface area (Å²) in [6.07, 6.45) is 13.0. The van der Waals surface area contributed by atoms with Gasteiger partial charge in [0, 0.05) is 60.8 Å². The fourth-order valence-electron chi connectivity index (χ4n) is 7.17. The normalized spacial score (nSPS) is 15.4. The lowest BCUT2D eigenvalue weighted by Crippen LogP contribution is -2.53. The molecule has 5 rings (SSSR count). The lowest BCUT2D eigenvalue weighted by Gasteiger charge is -2.33. The van der Waals surface area contributed by atoms with Crippen molar-refractivity contribution in [1.82, 2.24) is 10.6 Å². The number of carbonyl (C=O) groups is 2. The number of hydrogen-bond acceptors (Lipinski definition) is 8. The summed E-state index contributed by atoms with van der Waals surface area (Å²) in [6, 6.07) is 30.5. The third-order valence-electron chi connectivity index (χ3n) is 10.8. The minimum absolute atomic E-state index is 0.169. The maximum absolute atomic E-state index is 13.3. The zero-order valence-corrected chi connectivity index (χ0v) is 35.2. The molecule has 2 amide bonds.